The van der Waals surface area contributed by atoms with Gasteiger partial charge in [0, 0.05) is 17.7 Å². The van der Waals surface area contributed by atoms with Crippen molar-refractivity contribution in [1.82, 2.24) is 0 Å². The fourth-order valence-electron chi connectivity index (χ4n) is 4.25. The normalized spacial score (nSPS) is 15.8. The maximum Gasteiger partial charge on any atom is 0.0629 e. The standard InChI is InChI=1S/C27H21N/c1-19-17-21-10-6-8-14-24(21)27(19)25-16-15-20-9-5-7-13-23(20)26(25)18-28-22-11-3-2-4-12-22/h2-18,27H,1H3. The van der Waals surface area contributed by atoms with Crippen LogP contribution in [0.4, 0.5) is 5.69 Å². The lowest BCUT2D eigenvalue weighted by Gasteiger charge is -2.19. The van der Waals surface area contributed by atoms with Gasteiger partial charge in [-0.3, -0.25) is 4.99 Å². The predicted octanol–water partition coefficient (Wildman–Crippen LogP) is 7.14. The molecule has 1 heteroatoms. The number of fused-ring (bicyclic) bond motifs is 2. The van der Waals surface area contributed by atoms with Crippen LogP contribution in [-0.2, 0) is 0 Å². The average molecular weight is 359 g/mol. The second-order valence-electron chi connectivity index (χ2n) is 7.33. The van der Waals surface area contributed by atoms with Crippen molar-refractivity contribution in [2.24, 2.45) is 4.99 Å². The molecule has 1 unspecified atom stereocenters. The van der Waals surface area contributed by atoms with Crippen LogP contribution >= 0.6 is 0 Å². The van der Waals surface area contributed by atoms with Crippen LogP contribution in [0.1, 0.15) is 35.1 Å². The Hall–Kier alpha value is -3.45. The van der Waals surface area contributed by atoms with Gasteiger partial charge in [0.2, 0.25) is 0 Å². The summed E-state index contributed by atoms with van der Waals surface area (Å²) in [6, 6.07) is 31.9. The first-order valence-corrected chi connectivity index (χ1v) is 9.69. The van der Waals surface area contributed by atoms with Crippen LogP contribution in [0.2, 0.25) is 0 Å². The van der Waals surface area contributed by atoms with Crippen molar-refractivity contribution < 1.29 is 0 Å². The minimum absolute atomic E-state index is 0.276. The van der Waals surface area contributed by atoms with Crippen LogP contribution in [0.25, 0.3) is 16.8 Å². The monoisotopic (exact) mass is 359 g/mol. The summed E-state index contributed by atoms with van der Waals surface area (Å²) in [4.78, 5) is 4.80. The molecule has 1 atom stereocenters. The molecule has 1 aliphatic carbocycles. The number of benzene rings is 4. The Kier molecular flexibility index (Phi) is 4.14. The summed E-state index contributed by atoms with van der Waals surface area (Å²) in [6.45, 7) is 2.23. The zero-order chi connectivity index (χ0) is 18.9. The third kappa shape index (κ3) is 2.86. The van der Waals surface area contributed by atoms with Crippen molar-refractivity contribution in [3.63, 3.8) is 0 Å². The molecule has 0 spiro atoms. The molecule has 0 heterocycles. The SMILES string of the molecule is CC1=Cc2ccccc2C1c1ccc2ccccc2c1C=Nc1ccccc1. The first-order valence-electron chi connectivity index (χ1n) is 9.69. The first-order chi connectivity index (χ1) is 13.8. The third-order valence-corrected chi connectivity index (χ3v) is 5.56. The van der Waals surface area contributed by atoms with E-state index in [0.717, 1.165) is 5.69 Å². The van der Waals surface area contributed by atoms with E-state index in [0.29, 0.717) is 0 Å². The summed E-state index contributed by atoms with van der Waals surface area (Å²) in [7, 11) is 0. The van der Waals surface area contributed by atoms with Gasteiger partial charge in [-0.1, -0.05) is 90.5 Å². The quantitative estimate of drug-likeness (QED) is 0.345. The topological polar surface area (TPSA) is 12.4 Å². The van der Waals surface area contributed by atoms with Crippen molar-refractivity contribution in [1.29, 1.82) is 0 Å². The molecule has 5 rings (SSSR count). The third-order valence-electron chi connectivity index (χ3n) is 5.56. The van der Waals surface area contributed by atoms with Gasteiger partial charge < -0.3 is 0 Å². The van der Waals surface area contributed by atoms with Crippen LogP contribution in [0.15, 0.2) is 102 Å². The summed E-state index contributed by atoms with van der Waals surface area (Å²) in [6.07, 6.45) is 4.36. The fraction of sp³-hybridized carbons (Fsp3) is 0.0741. The Morgan fingerprint density at radius 2 is 1.46 bits per heavy atom. The lowest BCUT2D eigenvalue weighted by molar-refractivity contribution is 0.977. The Bertz CT molecular complexity index is 1220. The van der Waals surface area contributed by atoms with Gasteiger partial charge in [-0.15, -0.1) is 0 Å². The van der Waals surface area contributed by atoms with Crippen LogP contribution < -0.4 is 0 Å². The van der Waals surface area contributed by atoms with Crippen molar-refractivity contribution in [3.8, 4) is 0 Å². The van der Waals surface area contributed by atoms with Gasteiger partial charge in [0.25, 0.3) is 0 Å². The van der Waals surface area contributed by atoms with Gasteiger partial charge in [0.15, 0.2) is 0 Å². The second-order valence-corrected chi connectivity index (χ2v) is 7.33. The number of nitrogens with zero attached hydrogens (tertiary/aromatic N) is 1. The first kappa shape index (κ1) is 16.7. The summed E-state index contributed by atoms with van der Waals surface area (Å²) < 4.78 is 0. The van der Waals surface area contributed by atoms with Crippen LogP contribution in [0.5, 0.6) is 0 Å². The number of para-hydroxylation sites is 1. The highest BCUT2D eigenvalue weighted by Crippen LogP contribution is 2.42. The van der Waals surface area contributed by atoms with Gasteiger partial charge in [-0.25, -0.2) is 0 Å². The van der Waals surface area contributed by atoms with E-state index >= 15 is 0 Å². The number of rotatable bonds is 3. The Labute approximate surface area is 165 Å². The molecule has 0 saturated heterocycles. The Morgan fingerprint density at radius 3 is 2.36 bits per heavy atom. The smallest absolute Gasteiger partial charge is 0.0629 e. The molecule has 0 aliphatic heterocycles. The average Bonchev–Trinajstić information content (AvgIpc) is 3.08. The lowest BCUT2D eigenvalue weighted by Crippen LogP contribution is -2.04. The minimum Gasteiger partial charge on any atom is -0.256 e. The van der Waals surface area contributed by atoms with Crippen molar-refractivity contribution >= 4 is 28.8 Å². The zero-order valence-corrected chi connectivity index (χ0v) is 15.8. The molecule has 4 aromatic rings. The van der Waals surface area contributed by atoms with E-state index in [1.54, 1.807) is 0 Å². The number of aliphatic imine (C=N–C) groups is 1. The van der Waals surface area contributed by atoms with E-state index in [4.69, 9.17) is 4.99 Å². The molecule has 0 saturated carbocycles. The second kappa shape index (κ2) is 6.94. The molecule has 4 aromatic carbocycles. The largest absolute Gasteiger partial charge is 0.256 e. The molecule has 28 heavy (non-hydrogen) atoms. The van der Waals surface area contributed by atoms with Crippen molar-refractivity contribution in [2.45, 2.75) is 12.8 Å². The van der Waals surface area contributed by atoms with Crippen LogP contribution in [0, 0.1) is 0 Å². The number of hydrogen-bond donors (Lipinski definition) is 0. The van der Waals surface area contributed by atoms with E-state index < -0.39 is 0 Å². The number of allylic oxidation sites excluding steroid dienone is 1. The van der Waals surface area contributed by atoms with Crippen LogP contribution in [0.3, 0.4) is 0 Å². The van der Waals surface area contributed by atoms with Gasteiger partial charge in [0.05, 0.1) is 5.69 Å². The predicted molar refractivity (Wildman–Crippen MR) is 120 cm³/mol. The van der Waals surface area contributed by atoms with Gasteiger partial charge >= 0.3 is 0 Å². The highest BCUT2D eigenvalue weighted by molar-refractivity contribution is 6.02. The van der Waals surface area contributed by atoms with Gasteiger partial charge in [0.1, 0.15) is 0 Å². The molecular weight excluding hydrogens is 338 g/mol. The molecule has 0 aromatic heterocycles. The molecule has 134 valence electrons. The zero-order valence-electron chi connectivity index (χ0n) is 15.8. The van der Waals surface area contributed by atoms with Crippen LogP contribution in [-0.4, -0.2) is 6.21 Å². The summed E-state index contributed by atoms with van der Waals surface area (Å²) in [5, 5.41) is 2.49. The maximum absolute atomic E-state index is 4.80. The van der Waals surface area contributed by atoms with E-state index in [2.05, 4.69) is 73.7 Å². The Morgan fingerprint density at radius 1 is 0.714 bits per heavy atom. The minimum atomic E-state index is 0.276. The van der Waals surface area contributed by atoms with E-state index in [9.17, 15) is 0 Å². The molecule has 0 fully saturated rings. The number of hydrogen-bond acceptors (Lipinski definition) is 1. The van der Waals surface area contributed by atoms with E-state index in [1.807, 2.05) is 36.5 Å². The highest BCUT2D eigenvalue weighted by Gasteiger charge is 2.26. The molecule has 1 aliphatic rings. The highest BCUT2D eigenvalue weighted by atomic mass is 14.7. The fourth-order valence-corrected chi connectivity index (χ4v) is 4.25. The molecule has 0 amide bonds. The van der Waals surface area contributed by atoms with Crippen molar-refractivity contribution in [2.75, 3.05) is 0 Å². The summed E-state index contributed by atoms with van der Waals surface area (Å²) in [5.74, 6) is 0.276. The van der Waals surface area contributed by atoms with Crippen molar-refractivity contribution in [3.05, 3.63) is 119 Å². The molecule has 0 radical (unpaired) electrons. The summed E-state index contributed by atoms with van der Waals surface area (Å²) in [5.41, 5.74) is 7.58. The van der Waals surface area contributed by atoms with E-state index in [1.165, 1.54) is 38.6 Å². The molecule has 0 N–H and O–H groups in total. The summed E-state index contributed by atoms with van der Waals surface area (Å²) >= 11 is 0. The lowest BCUT2D eigenvalue weighted by atomic mass is 9.84. The molecule has 0 bridgehead atoms. The van der Waals surface area contributed by atoms with Gasteiger partial charge in [-0.2, -0.15) is 0 Å². The van der Waals surface area contributed by atoms with E-state index in [-0.39, 0.29) is 5.92 Å². The molecular formula is C27H21N. The Balaban J connectivity index is 1.72. The molecule has 1 nitrogen and oxygen atoms in total. The maximum atomic E-state index is 4.80. The van der Waals surface area contributed by atoms with Gasteiger partial charge in [-0.05, 0) is 46.5 Å².